The Hall–Kier alpha value is -0.800. The van der Waals surface area contributed by atoms with Crippen molar-refractivity contribution in [3.63, 3.8) is 0 Å². The molecule has 2 N–H and O–H groups in total. The first-order chi connectivity index (χ1) is 6.96. The van der Waals surface area contributed by atoms with Crippen molar-refractivity contribution in [1.29, 1.82) is 0 Å². The van der Waals surface area contributed by atoms with Crippen molar-refractivity contribution in [2.75, 3.05) is 0 Å². The zero-order valence-electron chi connectivity index (χ0n) is 8.84. The molecule has 0 fully saturated rings. The van der Waals surface area contributed by atoms with E-state index in [1.54, 1.807) is 0 Å². The number of rotatable bonds is 2. The van der Waals surface area contributed by atoms with Crippen LogP contribution in [0.2, 0.25) is 0 Å². The van der Waals surface area contributed by atoms with Gasteiger partial charge in [0.25, 0.3) is 0 Å². The highest BCUT2D eigenvalue weighted by molar-refractivity contribution is 9.10. The van der Waals surface area contributed by atoms with Gasteiger partial charge in [-0.2, -0.15) is 0 Å². The third-order valence-electron chi connectivity index (χ3n) is 2.29. The first kappa shape index (κ1) is 10.7. The number of hydrogen-bond donors (Lipinski definition) is 2. The minimum atomic E-state index is -0.673. The van der Waals surface area contributed by atoms with E-state index in [4.69, 9.17) is 0 Å². The maximum atomic E-state index is 9.73. The van der Waals surface area contributed by atoms with Crippen molar-refractivity contribution in [3.8, 4) is 0 Å². The van der Waals surface area contributed by atoms with Crippen molar-refractivity contribution in [2.45, 2.75) is 25.9 Å². The van der Waals surface area contributed by atoms with Gasteiger partial charge in [0.2, 0.25) is 0 Å². The highest BCUT2D eigenvalue weighted by Gasteiger charge is 2.15. The predicted molar refractivity (Wildman–Crippen MR) is 66.0 cm³/mol. The maximum Gasteiger partial charge on any atom is 0.0646 e. The Morgan fingerprint density at radius 3 is 2.73 bits per heavy atom. The minimum Gasteiger partial charge on any atom is -0.390 e. The molecular weight excluding hydrogens is 254 g/mol. The third kappa shape index (κ3) is 2.41. The summed E-state index contributed by atoms with van der Waals surface area (Å²) >= 11 is 3.51. The fourth-order valence-corrected chi connectivity index (χ4v) is 2.22. The Bertz CT molecular complexity index is 482. The second-order valence-electron chi connectivity index (χ2n) is 4.48. The molecule has 1 aromatic heterocycles. The van der Waals surface area contributed by atoms with Crippen LogP contribution in [0, 0.1) is 0 Å². The fourth-order valence-electron chi connectivity index (χ4n) is 1.74. The van der Waals surface area contributed by atoms with Crippen LogP contribution in [0.3, 0.4) is 0 Å². The number of aromatic nitrogens is 1. The summed E-state index contributed by atoms with van der Waals surface area (Å²) in [4.78, 5) is 3.30. The zero-order valence-corrected chi connectivity index (χ0v) is 10.4. The molecule has 0 saturated carbocycles. The molecule has 2 nitrogen and oxygen atoms in total. The van der Waals surface area contributed by atoms with Crippen LogP contribution in [0.1, 0.15) is 19.5 Å². The highest BCUT2D eigenvalue weighted by atomic mass is 79.9. The molecule has 80 valence electrons. The van der Waals surface area contributed by atoms with Crippen LogP contribution in [0.15, 0.2) is 28.7 Å². The largest absolute Gasteiger partial charge is 0.390 e. The Balaban J connectivity index is 2.44. The Labute approximate surface area is 97.4 Å². The summed E-state index contributed by atoms with van der Waals surface area (Å²) in [6.07, 6.45) is 0.633. The molecule has 0 aliphatic heterocycles. The molecule has 0 bridgehead atoms. The van der Waals surface area contributed by atoms with Gasteiger partial charge in [0.1, 0.15) is 0 Å². The van der Waals surface area contributed by atoms with Crippen LogP contribution in [-0.4, -0.2) is 15.7 Å². The van der Waals surface area contributed by atoms with Gasteiger partial charge in [0, 0.05) is 27.5 Å². The Morgan fingerprint density at radius 1 is 1.40 bits per heavy atom. The van der Waals surface area contributed by atoms with Crippen LogP contribution in [0.25, 0.3) is 10.9 Å². The van der Waals surface area contributed by atoms with Crippen molar-refractivity contribution in [2.24, 2.45) is 0 Å². The summed E-state index contributed by atoms with van der Waals surface area (Å²) in [6.45, 7) is 3.63. The monoisotopic (exact) mass is 267 g/mol. The molecule has 1 aromatic carbocycles. The zero-order chi connectivity index (χ0) is 11.1. The van der Waals surface area contributed by atoms with Gasteiger partial charge in [-0.3, -0.25) is 0 Å². The molecule has 0 saturated heterocycles. The summed E-state index contributed by atoms with van der Waals surface area (Å²) in [5.74, 6) is 0. The summed E-state index contributed by atoms with van der Waals surface area (Å²) in [7, 11) is 0. The van der Waals surface area contributed by atoms with Crippen molar-refractivity contribution in [1.82, 2.24) is 4.98 Å². The first-order valence-corrected chi connectivity index (χ1v) is 5.73. The minimum absolute atomic E-state index is 0.633. The molecule has 0 radical (unpaired) electrons. The lowest BCUT2D eigenvalue weighted by Crippen LogP contribution is -2.21. The molecule has 0 aliphatic rings. The van der Waals surface area contributed by atoms with E-state index in [2.05, 4.69) is 27.0 Å². The van der Waals surface area contributed by atoms with E-state index in [9.17, 15) is 5.11 Å². The molecule has 0 unspecified atom stereocenters. The van der Waals surface area contributed by atoms with Crippen molar-refractivity contribution >= 4 is 26.8 Å². The Morgan fingerprint density at radius 2 is 2.13 bits per heavy atom. The molecule has 0 atom stereocenters. The van der Waals surface area contributed by atoms with Crippen LogP contribution >= 0.6 is 15.9 Å². The third-order valence-corrected chi connectivity index (χ3v) is 2.98. The average Bonchev–Trinajstić information content (AvgIpc) is 2.45. The van der Waals surface area contributed by atoms with Gasteiger partial charge in [-0.15, -0.1) is 0 Å². The number of fused-ring (bicyclic) bond motifs is 1. The molecule has 0 aliphatic carbocycles. The first-order valence-electron chi connectivity index (χ1n) is 4.94. The number of aromatic amines is 1. The fraction of sp³-hybridized carbons (Fsp3) is 0.333. The van der Waals surface area contributed by atoms with Gasteiger partial charge in [-0.1, -0.05) is 22.0 Å². The van der Waals surface area contributed by atoms with E-state index >= 15 is 0 Å². The summed E-state index contributed by atoms with van der Waals surface area (Å²) < 4.78 is 1.08. The van der Waals surface area contributed by atoms with E-state index in [1.165, 1.54) is 0 Å². The number of nitrogens with one attached hydrogen (secondary N) is 1. The Kier molecular flexibility index (Phi) is 2.61. The molecule has 2 aromatic rings. The quantitative estimate of drug-likeness (QED) is 0.861. The highest BCUT2D eigenvalue weighted by Crippen LogP contribution is 2.25. The van der Waals surface area contributed by atoms with Gasteiger partial charge >= 0.3 is 0 Å². The molecule has 2 rings (SSSR count). The SMILES string of the molecule is CC(C)(O)Cc1cc2c(Br)cccc2[nH]1. The number of halogens is 1. The summed E-state index contributed by atoms with van der Waals surface area (Å²) in [5, 5.41) is 10.9. The van der Waals surface area contributed by atoms with E-state index in [0.717, 1.165) is 21.1 Å². The second kappa shape index (κ2) is 3.65. The van der Waals surface area contributed by atoms with Gasteiger partial charge in [-0.05, 0) is 32.0 Å². The van der Waals surface area contributed by atoms with Crippen molar-refractivity contribution in [3.05, 3.63) is 34.4 Å². The molecular formula is C12H14BrNO. The van der Waals surface area contributed by atoms with Crippen LogP contribution in [0.5, 0.6) is 0 Å². The van der Waals surface area contributed by atoms with Crippen molar-refractivity contribution < 1.29 is 5.11 Å². The average molecular weight is 268 g/mol. The molecule has 0 amide bonds. The number of hydrogen-bond acceptors (Lipinski definition) is 1. The van der Waals surface area contributed by atoms with Crippen LogP contribution in [-0.2, 0) is 6.42 Å². The molecule has 1 heterocycles. The van der Waals surface area contributed by atoms with Gasteiger partial charge in [-0.25, -0.2) is 0 Å². The van der Waals surface area contributed by atoms with E-state index < -0.39 is 5.60 Å². The lowest BCUT2D eigenvalue weighted by Gasteiger charge is -2.15. The van der Waals surface area contributed by atoms with Crippen LogP contribution < -0.4 is 0 Å². The number of H-pyrrole nitrogens is 1. The van der Waals surface area contributed by atoms with Gasteiger partial charge in [0.15, 0.2) is 0 Å². The van der Waals surface area contributed by atoms with E-state index in [-0.39, 0.29) is 0 Å². The normalized spacial score (nSPS) is 12.3. The number of benzene rings is 1. The molecule has 0 spiro atoms. The van der Waals surface area contributed by atoms with Gasteiger partial charge < -0.3 is 10.1 Å². The lowest BCUT2D eigenvalue weighted by molar-refractivity contribution is 0.0801. The summed E-state index contributed by atoms with van der Waals surface area (Å²) in [6, 6.07) is 8.13. The van der Waals surface area contributed by atoms with Crippen LogP contribution in [0.4, 0.5) is 0 Å². The van der Waals surface area contributed by atoms with Gasteiger partial charge in [0.05, 0.1) is 5.60 Å². The maximum absolute atomic E-state index is 9.73. The van der Waals surface area contributed by atoms with E-state index in [1.807, 2.05) is 32.0 Å². The topological polar surface area (TPSA) is 36.0 Å². The molecule has 3 heteroatoms. The summed E-state index contributed by atoms with van der Waals surface area (Å²) in [5.41, 5.74) is 1.49. The van der Waals surface area contributed by atoms with E-state index in [0.29, 0.717) is 6.42 Å². The predicted octanol–water partition coefficient (Wildman–Crippen LogP) is 3.24. The smallest absolute Gasteiger partial charge is 0.0646 e. The number of aliphatic hydroxyl groups is 1. The molecule has 15 heavy (non-hydrogen) atoms. The second-order valence-corrected chi connectivity index (χ2v) is 5.34. The lowest BCUT2D eigenvalue weighted by atomic mass is 10.0. The standard InChI is InChI=1S/C12H14BrNO/c1-12(2,15)7-8-6-9-10(13)4-3-5-11(9)14-8/h3-6,14-15H,7H2,1-2H3.